The van der Waals surface area contributed by atoms with Gasteiger partial charge in [-0.25, -0.2) is 0 Å². The molecule has 0 aliphatic carbocycles. The number of furan rings is 1. The van der Waals surface area contributed by atoms with Crippen LogP contribution in [0.5, 0.6) is 0 Å². The van der Waals surface area contributed by atoms with E-state index >= 15 is 0 Å². The van der Waals surface area contributed by atoms with Crippen molar-refractivity contribution in [1.29, 1.82) is 0 Å². The number of rotatable bonds is 3. The first-order chi connectivity index (χ1) is 9.73. The zero-order valence-corrected chi connectivity index (χ0v) is 13.9. The molecular formula is C15H23N3O2S. The number of hydrogen-bond donors (Lipinski definition) is 1. The van der Waals surface area contributed by atoms with Gasteiger partial charge in [0.1, 0.15) is 11.5 Å². The predicted octanol–water partition coefficient (Wildman–Crippen LogP) is 1.72. The minimum Gasteiger partial charge on any atom is -0.466 e. The van der Waals surface area contributed by atoms with E-state index in [0.29, 0.717) is 29.4 Å². The molecule has 1 aromatic rings. The Morgan fingerprint density at radius 3 is 2.29 bits per heavy atom. The highest BCUT2D eigenvalue weighted by Crippen LogP contribution is 2.20. The summed E-state index contributed by atoms with van der Waals surface area (Å²) in [5.74, 6) is 1.49. The maximum atomic E-state index is 12.5. The minimum absolute atomic E-state index is 0.0390. The summed E-state index contributed by atoms with van der Waals surface area (Å²) in [7, 11) is 0. The molecule has 1 aromatic heterocycles. The number of amides is 1. The van der Waals surface area contributed by atoms with Gasteiger partial charge in [0.05, 0.1) is 16.1 Å². The van der Waals surface area contributed by atoms with Crippen LogP contribution >= 0.6 is 12.2 Å². The number of carbonyl (C=O) groups excluding carboxylic acids is 1. The Morgan fingerprint density at radius 2 is 1.86 bits per heavy atom. The number of nitrogens with zero attached hydrogens (tertiary/aromatic N) is 2. The normalized spacial score (nSPS) is 17.0. The average Bonchev–Trinajstić information content (AvgIpc) is 2.77. The Balaban J connectivity index is 2.03. The third-order valence-corrected chi connectivity index (χ3v) is 4.73. The van der Waals surface area contributed by atoms with Crippen LogP contribution in [0, 0.1) is 13.8 Å². The van der Waals surface area contributed by atoms with Crippen molar-refractivity contribution in [2.45, 2.75) is 33.2 Å². The lowest BCUT2D eigenvalue weighted by Gasteiger charge is -2.43. The van der Waals surface area contributed by atoms with Crippen molar-refractivity contribution in [2.24, 2.45) is 5.73 Å². The summed E-state index contributed by atoms with van der Waals surface area (Å²) >= 11 is 5.13. The molecule has 0 atom stereocenters. The summed E-state index contributed by atoms with van der Waals surface area (Å²) in [6, 6.07) is 1.81. The van der Waals surface area contributed by atoms with Gasteiger partial charge in [-0.2, -0.15) is 0 Å². The number of piperazine rings is 1. The molecular weight excluding hydrogens is 286 g/mol. The van der Waals surface area contributed by atoms with E-state index in [1.165, 1.54) is 0 Å². The van der Waals surface area contributed by atoms with Gasteiger partial charge in [0, 0.05) is 26.2 Å². The average molecular weight is 309 g/mol. The first-order valence-electron chi connectivity index (χ1n) is 7.14. The largest absolute Gasteiger partial charge is 0.466 e. The second-order valence-corrected chi connectivity index (χ2v) is 6.47. The van der Waals surface area contributed by atoms with E-state index in [9.17, 15) is 4.79 Å². The number of hydrogen-bond acceptors (Lipinski definition) is 4. The fraction of sp³-hybridized carbons (Fsp3) is 0.600. The molecule has 2 rings (SSSR count). The van der Waals surface area contributed by atoms with Gasteiger partial charge in [-0.1, -0.05) is 12.2 Å². The Morgan fingerprint density at radius 1 is 1.29 bits per heavy atom. The molecule has 0 radical (unpaired) electrons. The zero-order chi connectivity index (χ0) is 15.8. The molecule has 0 aromatic carbocycles. The van der Waals surface area contributed by atoms with Crippen LogP contribution in [0.15, 0.2) is 10.5 Å². The molecule has 1 aliphatic rings. The van der Waals surface area contributed by atoms with E-state index in [-0.39, 0.29) is 11.4 Å². The van der Waals surface area contributed by atoms with Gasteiger partial charge in [0.25, 0.3) is 5.91 Å². The van der Waals surface area contributed by atoms with Crippen LogP contribution in [-0.4, -0.2) is 52.4 Å². The molecule has 5 nitrogen and oxygen atoms in total. The first-order valence-corrected chi connectivity index (χ1v) is 7.55. The Hall–Kier alpha value is -1.40. The summed E-state index contributed by atoms with van der Waals surface area (Å²) in [5.41, 5.74) is 6.15. The predicted molar refractivity (Wildman–Crippen MR) is 86.5 cm³/mol. The van der Waals surface area contributed by atoms with Crippen molar-refractivity contribution >= 4 is 23.1 Å². The van der Waals surface area contributed by atoms with Crippen LogP contribution in [0.2, 0.25) is 0 Å². The molecule has 116 valence electrons. The molecule has 1 aliphatic heterocycles. The highest BCUT2D eigenvalue weighted by molar-refractivity contribution is 7.80. The second-order valence-electron chi connectivity index (χ2n) is 6.03. The first kappa shape index (κ1) is 16.0. The van der Waals surface area contributed by atoms with Crippen molar-refractivity contribution in [3.05, 3.63) is 23.2 Å². The minimum atomic E-state index is -0.313. The molecule has 6 heteroatoms. The number of nitrogens with two attached hydrogens (primary N) is 1. The highest BCUT2D eigenvalue weighted by Gasteiger charge is 2.34. The van der Waals surface area contributed by atoms with Crippen LogP contribution in [0.1, 0.15) is 35.7 Å². The van der Waals surface area contributed by atoms with E-state index in [0.717, 1.165) is 18.8 Å². The van der Waals surface area contributed by atoms with E-state index in [4.69, 9.17) is 22.4 Å². The molecule has 1 saturated heterocycles. The van der Waals surface area contributed by atoms with E-state index < -0.39 is 0 Å². The Kier molecular flexibility index (Phi) is 4.39. The van der Waals surface area contributed by atoms with Crippen LogP contribution in [0.25, 0.3) is 0 Å². The van der Waals surface area contributed by atoms with Crippen molar-refractivity contribution in [3.8, 4) is 0 Å². The quantitative estimate of drug-likeness (QED) is 0.861. The lowest BCUT2D eigenvalue weighted by Crippen LogP contribution is -2.59. The van der Waals surface area contributed by atoms with Gasteiger partial charge >= 0.3 is 0 Å². The second kappa shape index (κ2) is 5.77. The molecule has 1 fully saturated rings. The maximum absolute atomic E-state index is 12.5. The third-order valence-electron chi connectivity index (χ3n) is 4.23. The number of aryl methyl sites for hydroxylation is 2. The highest BCUT2D eigenvalue weighted by atomic mass is 32.1. The van der Waals surface area contributed by atoms with Crippen LogP contribution in [-0.2, 0) is 0 Å². The molecule has 2 N–H and O–H groups in total. The fourth-order valence-corrected chi connectivity index (χ4v) is 2.77. The summed E-state index contributed by atoms with van der Waals surface area (Å²) in [4.78, 5) is 17.1. The number of thiocarbonyl (C=S) groups is 1. The lowest BCUT2D eigenvalue weighted by molar-refractivity contribution is 0.0538. The topological polar surface area (TPSA) is 62.7 Å². The van der Waals surface area contributed by atoms with E-state index in [1.54, 1.807) is 0 Å². The van der Waals surface area contributed by atoms with E-state index in [2.05, 4.69) is 4.90 Å². The zero-order valence-electron chi connectivity index (χ0n) is 13.1. The van der Waals surface area contributed by atoms with Gasteiger partial charge in [-0.05, 0) is 33.8 Å². The van der Waals surface area contributed by atoms with Crippen LogP contribution in [0.4, 0.5) is 0 Å². The lowest BCUT2D eigenvalue weighted by atomic mass is 10.0. The Bertz CT molecular complexity index is 557. The SMILES string of the molecule is Cc1cc(C(=O)N2CCN(C(C)(C)C(N)=S)CC2)c(C)o1. The van der Waals surface area contributed by atoms with Gasteiger partial charge in [0.15, 0.2) is 0 Å². The molecule has 0 saturated carbocycles. The van der Waals surface area contributed by atoms with Crippen molar-refractivity contribution in [3.63, 3.8) is 0 Å². The van der Waals surface area contributed by atoms with Crippen LogP contribution < -0.4 is 5.73 Å². The summed E-state index contributed by atoms with van der Waals surface area (Å²) < 4.78 is 5.44. The van der Waals surface area contributed by atoms with E-state index in [1.807, 2.05) is 38.7 Å². The molecule has 1 amide bonds. The monoisotopic (exact) mass is 309 g/mol. The molecule has 2 heterocycles. The van der Waals surface area contributed by atoms with Gasteiger partial charge < -0.3 is 15.1 Å². The summed E-state index contributed by atoms with van der Waals surface area (Å²) in [5, 5.41) is 0. The summed E-state index contributed by atoms with van der Waals surface area (Å²) in [6.45, 7) is 10.6. The van der Waals surface area contributed by atoms with Crippen molar-refractivity contribution in [1.82, 2.24) is 9.80 Å². The smallest absolute Gasteiger partial charge is 0.257 e. The van der Waals surface area contributed by atoms with Gasteiger partial charge in [-0.15, -0.1) is 0 Å². The molecule has 0 bridgehead atoms. The third kappa shape index (κ3) is 3.11. The van der Waals surface area contributed by atoms with Crippen LogP contribution in [0.3, 0.4) is 0 Å². The maximum Gasteiger partial charge on any atom is 0.257 e. The number of carbonyl (C=O) groups is 1. The molecule has 0 spiro atoms. The van der Waals surface area contributed by atoms with Gasteiger partial charge in [0.2, 0.25) is 0 Å². The standard InChI is InChI=1S/C15H23N3O2S/c1-10-9-12(11(2)20-10)13(19)17-5-7-18(8-6-17)15(3,4)14(16)21/h9H,5-8H2,1-4H3,(H2,16,21). The Labute approximate surface area is 131 Å². The van der Waals surface area contributed by atoms with Crippen molar-refractivity contribution in [2.75, 3.05) is 26.2 Å². The van der Waals surface area contributed by atoms with Gasteiger partial charge in [-0.3, -0.25) is 9.69 Å². The molecule has 21 heavy (non-hydrogen) atoms. The summed E-state index contributed by atoms with van der Waals surface area (Å²) in [6.07, 6.45) is 0. The molecule has 0 unspecified atom stereocenters. The fourth-order valence-electron chi connectivity index (χ4n) is 2.64. The van der Waals surface area contributed by atoms with Crippen molar-refractivity contribution < 1.29 is 9.21 Å².